The second kappa shape index (κ2) is 6.26. The molecule has 3 rings (SSSR count). The molecule has 0 saturated carbocycles. The standard InChI is InChI=1S/C15H18BFO4.C2H6/c1-14(2)15(3,4)21-16(20-14)11-6-9(8-18)5-10-7-12(17)19-13(10)11;1-2/h5-7,18H,8H2,1-4H3;1-2H3. The summed E-state index contributed by atoms with van der Waals surface area (Å²) in [5, 5.41) is 9.96. The Labute approximate surface area is 136 Å². The third kappa shape index (κ3) is 3.16. The van der Waals surface area contributed by atoms with Gasteiger partial charge in [0, 0.05) is 16.9 Å². The predicted octanol–water partition coefficient (Wildman–Crippen LogP) is 3.39. The molecule has 0 unspecified atom stereocenters. The summed E-state index contributed by atoms with van der Waals surface area (Å²) < 4.78 is 30.5. The monoisotopic (exact) mass is 322 g/mol. The molecule has 0 radical (unpaired) electrons. The van der Waals surface area contributed by atoms with Crippen LogP contribution in [-0.4, -0.2) is 23.4 Å². The van der Waals surface area contributed by atoms with Crippen LogP contribution < -0.4 is 5.46 Å². The van der Waals surface area contributed by atoms with Crippen LogP contribution in [0.15, 0.2) is 22.6 Å². The maximum absolute atomic E-state index is 13.4. The second-order valence-corrected chi connectivity index (χ2v) is 6.40. The van der Waals surface area contributed by atoms with E-state index in [1.165, 1.54) is 6.07 Å². The van der Waals surface area contributed by atoms with Gasteiger partial charge in [-0.15, -0.1) is 0 Å². The SMILES string of the molecule is CC.CC1(C)OB(c2cc(CO)cc3cc(F)oc23)OC1(C)C. The van der Waals surface area contributed by atoms with Gasteiger partial charge in [0.25, 0.3) is 6.01 Å². The molecule has 1 aliphatic heterocycles. The number of hydrogen-bond donors (Lipinski definition) is 1. The molecule has 1 saturated heterocycles. The van der Waals surface area contributed by atoms with Gasteiger partial charge in [0.05, 0.1) is 17.8 Å². The molecule has 6 heteroatoms. The van der Waals surface area contributed by atoms with Crippen LogP contribution >= 0.6 is 0 Å². The van der Waals surface area contributed by atoms with E-state index in [0.29, 0.717) is 22.0 Å². The number of aliphatic hydroxyl groups excluding tert-OH is 1. The molecular weight excluding hydrogens is 298 g/mol. The number of halogens is 1. The topological polar surface area (TPSA) is 51.8 Å². The second-order valence-electron chi connectivity index (χ2n) is 6.40. The van der Waals surface area contributed by atoms with Crippen LogP contribution in [0.1, 0.15) is 47.1 Å². The van der Waals surface area contributed by atoms with Crippen LogP contribution in [0.5, 0.6) is 0 Å². The van der Waals surface area contributed by atoms with Crippen LogP contribution in [0.2, 0.25) is 0 Å². The zero-order valence-electron chi connectivity index (χ0n) is 14.6. The van der Waals surface area contributed by atoms with Crippen molar-refractivity contribution < 1.29 is 23.2 Å². The van der Waals surface area contributed by atoms with Crippen molar-refractivity contribution >= 4 is 23.6 Å². The summed E-state index contributed by atoms with van der Waals surface area (Å²) in [6, 6.07) is 4.05. The lowest BCUT2D eigenvalue weighted by atomic mass is 9.77. The average Bonchev–Trinajstić information content (AvgIpc) is 2.96. The first-order valence-electron chi connectivity index (χ1n) is 7.92. The van der Waals surface area contributed by atoms with Gasteiger partial charge in [-0.05, 0) is 39.3 Å². The highest BCUT2D eigenvalue weighted by molar-refractivity contribution is 6.64. The van der Waals surface area contributed by atoms with Crippen LogP contribution in [0, 0.1) is 6.01 Å². The fourth-order valence-electron chi connectivity index (χ4n) is 2.45. The third-order valence-corrected chi connectivity index (χ3v) is 4.36. The van der Waals surface area contributed by atoms with Crippen LogP contribution in [0.3, 0.4) is 0 Å². The molecule has 0 aliphatic carbocycles. The molecule has 1 N–H and O–H groups in total. The lowest BCUT2D eigenvalue weighted by Gasteiger charge is -2.32. The van der Waals surface area contributed by atoms with E-state index in [-0.39, 0.29) is 6.61 Å². The summed E-state index contributed by atoms with van der Waals surface area (Å²) in [5.74, 6) is 0. The maximum atomic E-state index is 13.4. The highest BCUT2D eigenvalue weighted by Gasteiger charge is 2.52. The van der Waals surface area contributed by atoms with Crippen LogP contribution in [0.4, 0.5) is 4.39 Å². The average molecular weight is 322 g/mol. The molecule has 0 spiro atoms. The molecule has 4 nitrogen and oxygen atoms in total. The van der Waals surface area contributed by atoms with E-state index >= 15 is 0 Å². The zero-order chi connectivity index (χ0) is 17.4. The van der Waals surface area contributed by atoms with Gasteiger partial charge in [0.2, 0.25) is 0 Å². The molecule has 0 bridgehead atoms. The number of fused-ring (bicyclic) bond motifs is 1. The normalized spacial score (nSPS) is 18.9. The Morgan fingerprint density at radius 2 is 1.61 bits per heavy atom. The summed E-state index contributed by atoms with van der Waals surface area (Å²) in [6.07, 6.45) is 0. The molecule has 0 amide bonds. The minimum Gasteiger partial charge on any atom is -0.431 e. The number of furan rings is 1. The number of aliphatic hydroxyl groups is 1. The summed E-state index contributed by atoms with van der Waals surface area (Å²) in [6.45, 7) is 11.6. The molecule has 1 aromatic heterocycles. The minimum absolute atomic E-state index is 0.144. The zero-order valence-corrected chi connectivity index (χ0v) is 14.6. The van der Waals surface area contributed by atoms with Crippen molar-refractivity contribution in [3.8, 4) is 0 Å². The van der Waals surface area contributed by atoms with Crippen molar-refractivity contribution in [2.75, 3.05) is 0 Å². The molecule has 1 fully saturated rings. The summed E-state index contributed by atoms with van der Waals surface area (Å²) in [4.78, 5) is 0. The summed E-state index contributed by atoms with van der Waals surface area (Å²) >= 11 is 0. The fourth-order valence-corrected chi connectivity index (χ4v) is 2.45. The summed E-state index contributed by atoms with van der Waals surface area (Å²) in [5.41, 5.74) is 0.657. The predicted molar refractivity (Wildman–Crippen MR) is 89.2 cm³/mol. The van der Waals surface area contributed by atoms with Crippen LogP contribution in [-0.2, 0) is 15.9 Å². The van der Waals surface area contributed by atoms with E-state index in [0.717, 1.165) is 0 Å². The van der Waals surface area contributed by atoms with E-state index in [2.05, 4.69) is 0 Å². The van der Waals surface area contributed by atoms with Crippen molar-refractivity contribution in [3.63, 3.8) is 0 Å². The van der Waals surface area contributed by atoms with E-state index in [9.17, 15) is 9.50 Å². The Bertz CT molecular complexity index is 677. The van der Waals surface area contributed by atoms with Gasteiger partial charge in [0.15, 0.2) is 0 Å². The smallest absolute Gasteiger partial charge is 0.431 e. The fraction of sp³-hybridized carbons (Fsp3) is 0.529. The van der Waals surface area contributed by atoms with Crippen molar-refractivity contribution in [2.45, 2.75) is 59.4 Å². The van der Waals surface area contributed by atoms with Gasteiger partial charge >= 0.3 is 7.12 Å². The van der Waals surface area contributed by atoms with E-state index < -0.39 is 24.3 Å². The molecule has 2 heterocycles. The van der Waals surface area contributed by atoms with Crippen molar-refractivity contribution in [1.29, 1.82) is 0 Å². The van der Waals surface area contributed by atoms with Gasteiger partial charge in [-0.2, -0.15) is 4.39 Å². The number of benzene rings is 1. The van der Waals surface area contributed by atoms with Crippen LogP contribution in [0.25, 0.3) is 11.0 Å². The van der Waals surface area contributed by atoms with Gasteiger partial charge in [-0.25, -0.2) is 0 Å². The first-order chi connectivity index (χ1) is 10.7. The third-order valence-electron chi connectivity index (χ3n) is 4.36. The largest absolute Gasteiger partial charge is 0.498 e. The van der Waals surface area contributed by atoms with Gasteiger partial charge in [-0.1, -0.05) is 19.9 Å². The van der Waals surface area contributed by atoms with E-state index in [1.807, 2.05) is 41.5 Å². The minimum atomic E-state index is -0.669. The number of hydrogen-bond acceptors (Lipinski definition) is 4. The Hall–Kier alpha value is -1.37. The molecule has 1 aromatic carbocycles. The Morgan fingerprint density at radius 1 is 1.04 bits per heavy atom. The van der Waals surface area contributed by atoms with Gasteiger partial charge in [-0.3, -0.25) is 0 Å². The first kappa shape index (κ1) is 18.0. The van der Waals surface area contributed by atoms with Gasteiger partial charge in [0.1, 0.15) is 5.58 Å². The lowest BCUT2D eigenvalue weighted by Crippen LogP contribution is -2.41. The van der Waals surface area contributed by atoms with Gasteiger partial charge < -0.3 is 18.8 Å². The molecular formula is C17H24BFO4. The first-order valence-corrected chi connectivity index (χ1v) is 7.92. The van der Waals surface area contributed by atoms with Crippen molar-refractivity contribution in [2.24, 2.45) is 0 Å². The summed E-state index contributed by atoms with van der Waals surface area (Å²) in [7, 11) is -0.658. The molecule has 23 heavy (non-hydrogen) atoms. The molecule has 1 aliphatic rings. The Morgan fingerprint density at radius 3 is 2.13 bits per heavy atom. The number of rotatable bonds is 2. The molecule has 0 atom stereocenters. The molecule has 2 aromatic rings. The van der Waals surface area contributed by atoms with E-state index in [1.54, 1.807) is 12.1 Å². The maximum Gasteiger partial charge on any atom is 0.498 e. The van der Waals surface area contributed by atoms with Crippen molar-refractivity contribution in [1.82, 2.24) is 0 Å². The van der Waals surface area contributed by atoms with E-state index in [4.69, 9.17) is 13.7 Å². The lowest BCUT2D eigenvalue weighted by molar-refractivity contribution is 0.00578. The quantitative estimate of drug-likeness (QED) is 0.861. The molecule has 126 valence electrons. The van der Waals surface area contributed by atoms with Crippen molar-refractivity contribution in [3.05, 3.63) is 29.8 Å². The highest BCUT2D eigenvalue weighted by atomic mass is 19.1. The Kier molecular flexibility index (Phi) is 4.90. The Balaban J connectivity index is 0.000000924. The highest BCUT2D eigenvalue weighted by Crippen LogP contribution is 2.37.